The van der Waals surface area contributed by atoms with E-state index < -0.39 is 68.3 Å². The number of methoxy groups -OCH3 is 3. The number of nitrogens with one attached hydrogen (secondary N) is 2. The molecule has 0 bridgehead atoms. The number of sulfonamides is 1. The molecule has 0 saturated heterocycles. The molecule has 0 saturated carbocycles. The van der Waals surface area contributed by atoms with Crippen LogP contribution in [0.4, 0.5) is 0 Å². The van der Waals surface area contributed by atoms with Crippen LogP contribution in [0.1, 0.15) is 60.3 Å². The Balaban J connectivity index is 0.916. The average Bonchev–Trinajstić information content (AvgIpc) is 4.16. The van der Waals surface area contributed by atoms with E-state index in [1.807, 2.05) is 75.4 Å². The summed E-state index contributed by atoms with van der Waals surface area (Å²) in [5.41, 5.74) is 2.80. The molecule has 23 heteroatoms. The van der Waals surface area contributed by atoms with Crippen molar-refractivity contribution in [3.05, 3.63) is 185 Å². The molecule has 2 N–H and O–H groups in total. The number of carbonyl (C=O) groups excluding carboxylic acids is 3. The predicted octanol–water partition coefficient (Wildman–Crippen LogP) is 7.88. The zero-order valence-electron chi connectivity index (χ0n) is 45.3. The molecule has 8 aromatic rings. The number of benzene rings is 6. The van der Waals surface area contributed by atoms with E-state index in [0.717, 1.165) is 16.9 Å². The minimum Gasteiger partial charge on any atom is -0.497 e. The second-order valence-electron chi connectivity index (χ2n) is 19.0. The molecule has 20 nitrogen and oxygen atoms in total. The van der Waals surface area contributed by atoms with Crippen molar-refractivity contribution in [1.29, 1.82) is 0 Å². The van der Waals surface area contributed by atoms with Crippen molar-refractivity contribution in [2.45, 2.75) is 73.7 Å². The molecule has 0 aliphatic rings. The molecular formula is C58H60N6O14S3. The van der Waals surface area contributed by atoms with Crippen LogP contribution in [0.3, 0.4) is 0 Å². The summed E-state index contributed by atoms with van der Waals surface area (Å²) in [5.74, 6) is -0.251. The van der Waals surface area contributed by atoms with E-state index >= 15 is 0 Å². The molecule has 3 unspecified atom stereocenters. The first-order valence-electron chi connectivity index (χ1n) is 25.4. The Morgan fingerprint density at radius 3 is 1.91 bits per heavy atom. The number of thiazole rings is 1. The minimum absolute atomic E-state index is 0.0383. The highest BCUT2D eigenvalue weighted by Crippen LogP contribution is 2.41. The maximum atomic E-state index is 14.7. The summed E-state index contributed by atoms with van der Waals surface area (Å²) in [5, 5.41) is 11.3. The second-order valence-corrected chi connectivity index (χ2v) is 23.5. The molecule has 0 fully saturated rings. The zero-order valence-corrected chi connectivity index (χ0v) is 47.8. The van der Waals surface area contributed by atoms with E-state index in [4.69, 9.17) is 32.6 Å². The Hall–Kier alpha value is -8.22. The molecule has 3 atom stereocenters. The number of rotatable bonds is 26. The molecule has 81 heavy (non-hydrogen) atoms. The minimum atomic E-state index is -4.35. The third-order valence-corrected chi connectivity index (χ3v) is 17.0. The van der Waals surface area contributed by atoms with E-state index in [1.54, 1.807) is 99.3 Å². The topological polar surface area (TPSA) is 252 Å². The lowest BCUT2D eigenvalue weighted by Crippen LogP contribution is -2.47. The molecule has 1 amide bonds. The molecule has 2 heterocycles. The third-order valence-electron chi connectivity index (χ3n) is 12.9. The lowest BCUT2D eigenvalue weighted by Gasteiger charge is -2.36. The first-order chi connectivity index (χ1) is 38.8. The Morgan fingerprint density at radius 2 is 1.32 bits per heavy atom. The third kappa shape index (κ3) is 14.4. The van der Waals surface area contributed by atoms with E-state index in [-0.39, 0.29) is 34.8 Å². The summed E-state index contributed by atoms with van der Waals surface area (Å²) in [4.78, 5) is 43.5. The fourth-order valence-corrected chi connectivity index (χ4v) is 12.4. The van der Waals surface area contributed by atoms with Gasteiger partial charge in [0, 0.05) is 13.3 Å². The number of esters is 2. The van der Waals surface area contributed by atoms with Gasteiger partial charge in [-0.05, 0) is 102 Å². The van der Waals surface area contributed by atoms with Gasteiger partial charge < -0.3 is 33.7 Å². The largest absolute Gasteiger partial charge is 0.497 e. The number of hydrogen-bond donors (Lipinski definition) is 2. The molecule has 8 rings (SSSR count). The SMILES string of the molecule is COC(=O)C(Cc1ccc(OCC(COS(=O)(=O)c2ccc(C)cc2)OC(C)=O)cc1)NC(=O)C(C(C)C)n1cc(COc2ccc3nc(S(=O)(=O)NC(c4ccccc4)(c4ccc(OC)cc4)c4ccc(OC)cc4)sc3c2)nn1. The van der Waals surface area contributed by atoms with Crippen molar-refractivity contribution >= 4 is 59.5 Å². The highest BCUT2D eigenvalue weighted by atomic mass is 32.2. The Bertz CT molecular complexity index is 3630. The van der Waals surface area contributed by atoms with Crippen LogP contribution in [0.15, 0.2) is 161 Å². The van der Waals surface area contributed by atoms with Gasteiger partial charge in [0.05, 0.1) is 42.6 Å². The van der Waals surface area contributed by atoms with Gasteiger partial charge in [-0.25, -0.2) is 22.9 Å². The van der Waals surface area contributed by atoms with E-state index in [2.05, 4.69) is 25.3 Å². The van der Waals surface area contributed by atoms with Crippen LogP contribution < -0.4 is 29.0 Å². The monoisotopic (exact) mass is 1160 g/mol. The quantitative estimate of drug-likeness (QED) is 0.0297. The fourth-order valence-electron chi connectivity index (χ4n) is 8.81. The van der Waals surface area contributed by atoms with Gasteiger partial charge in [-0.2, -0.15) is 13.1 Å². The van der Waals surface area contributed by atoms with E-state index in [9.17, 15) is 31.2 Å². The number of aromatic nitrogens is 4. The summed E-state index contributed by atoms with van der Waals surface area (Å²) in [6.45, 7) is 5.86. The molecule has 0 aliphatic carbocycles. The molecule has 0 radical (unpaired) electrons. The number of fused-ring (bicyclic) bond motifs is 1. The van der Waals surface area contributed by atoms with Crippen LogP contribution >= 0.6 is 11.3 Å². The number of ether oxygens (including phenoxy) is 6. The van der Waals surface area contributed by atoms with Crippen molar-refractivity contribution < 1.29 is 63.8 Å². The maximum absolute atomic E-state index is 14.7. The zero-order chi connectivity index (χ0) is 57.9. The summed E-state index contributed by atoms with van der Waals surface area (Å²) in [6.07, 6.45) is 0.546. The molecule has 2 aromatic heterocycles. The lowest BCUT2D eigenvalue weighted by atomic mass is 9.78. The highest BCUT2D eigenvalue weighted by Gasteiger charge is 2.42. The number of amides is 1. The molecule has 0 spiro atoms. The second kappa shape index (κ2) is 25.9. The Kier molecular flexibility index (Phi) is 18.9. The van der Waals surface area contributed by atoms with Gasteiger partial charge in [-0.3, -0.25) is 13.8 Å². The van der Waals surface area contributed by atoms with Gasteiger partial charge >= 0.3 is 11.9 Å². The van der Waals surface area contributed by atoms with E-state index in [0.29, 0.717) is 61.2 Å². The predicted molar refractivity (Wildman–Crippen MR) is 300 cm³/mol. The molecule has 6 aromatic carbocycles. The van der Waals surface area contributed by atoms with Crippen LogP contribution in [0.2, 0.25) is 0 Å². The van der Waals surface area contributed by atoms with Crippen LogP contribution in [-0.2, 0) is 66.7 Å². The normalized spacial score (nSPS) is 13.0. The standard InChI is InChI=1S/C58H60N6O14S3/c1-37(2)54(55(66)59-52(56(67)74-7)31-40-15-21-47(22-16-40)76-35-49(78-39(4)65)36-77-81(70,71)50-28-13-38(3)14-29-50)64-33-44(61-63-64)34-75-48-27-30-51-53(32-48)79-57(60-51)80(68,69)62-58(41-11-9-8-10-12-41,42-17-23-45(72-5)24-18-42)43-19-25-46(73-6)26-20-43/h8-30,32-33,37,49,52,54,62H,31,34-36H2,1-7H3,(H,59,66). The molecule has 424 valence electrons. The van der Waals surface area contributed by atoms with Crippen molar-refractivity contribution in [3.8, 4) is 23.0 Å². The van der Waals surface area contributed by atoms with Crippen LogP contribution in [0.5, 0.6) is 23.0 Å². The summed E-state index contributed by atoms with van der Waals surface area (Å²) >= 11 is 0.978. The number of carbonyl (C=O) groups is 3. The fraction of sp³-hybridized carbons (Fsp3) is 0.276. The van der Waals surface area contributed by atoms with Gasteiger partial charge in [0.15, 0.2) is 6.10 Å². The summed E-state index contributed by atoms with van der Waals surface area (Å²) in [6, 6.07) is 39.3. The van der Waals surface area contributed by atoms with E-state index in [1.165, 1.54) is 30.8 Å². The first kappa shape index (κ1) is 58.9. The average molecular weight is 1160 g/mol. The van der Waals surface area contributed by atoms with Crippen molar-refractivity contribution in [2.75, 3.05) is 34.5 Å². The van der Waals surface area contributed by atoms with Crippen molar-refractivity contribution in [2.24, 2.45) is 5.92 Å². The van der Waals surface area contributed by atoms with Crippen molar-refractivity contribution in [1.82, 2.24) is 30.0 Å². The molecule has 0 aliphatic heterocycles. The number of hydrogen-bond acceptors (Lipinski definition) is 18. The number of nitrogens with zero attached hydrogens (tertiary/aromatic N) is 4. The molecular weight excluding hydrogens is 1100 g/mol. The van der Waals surface area contributed by atoms with Gasteiger partial charge in [0.25, 0.3) is 20.1 Å². The van der Waals surface area contributed by atoms with Crippen LogP contribution in [0, 0.1) is 12.8 Å². The van der Waals surface area contributed by atoms with Crippen LogP contribution in [0.25, 0.3) is 10.2 Å². The van der Waals surface area contributed by atoms with Gasteiger partial charge in [-0.1, -0.05) is 103 Å². The highest BCUT2D eigenvalue weighted by molar-refractivity contribution is 7.91. The maximum Gasteiger partial charge on any atom is 0.328 e. The van der Waals surface area contributed by atoms with Gasteiger partial charge in [0.1, 0.15) is 66.1 Å². The number of aryl methyl sites for hydroxylation is 1. The summed E-state index contributed by atoms with van der Waals surface area (Å²) in [7, 11) is -4.16. The Labute approximate surface area is 473 Å². The van der Waals surface area contributed by atoms with Gasteiger partial charge in [0.2, 0.25) is 10.2 Å². The van der Waals surface area contributed by atoms with Crippen molar-refractivity contribution in [3.63, 3.8) is 0 Å². The Morgan fingerprint density at radius 1 is 0.716 bits per heavy atom. The lowest BCUT2D eigenvalue weighted by molar-refractivity contribution is -0.149. The summed E-state index contributed by atoms with van der Waals surface area (Å²) < 4.78 is 98.1. The van der Waals surface area contributed by atoms with Crippen LogP contribution in [-0.4, -0.2) is 101 Å². The van der Waals surface area contributed by atoms with Gasteiger partial charge in [-0.15, -0.1) is 16.4 Å². The first-order valence-corrected chi connectivity index (χ1v) is 29.1. The smallest absolute Gasteiger partial charge is 0.328 e.